The molecule has 0 fully saturated rings. The van der Waals surface area contributed by atoms with Crippen molar-refractivity contribution in [2.75, 3.05) is 18.2 Å². The Morgan fingerprint density at radius 3 is 3.13 bits per heavy atom. The summed E-state index contributed by atoms with van der Waals surface area (Å²) in [4.78, 5) is 10.7. The van der Waals surface area contributed by atoms with Crippen molar-refractivity contribution < 1.29 is 4.74 Å². The van der Waals surface area contributed by atoms with E-state index in [1.807, 2.05) is 0 Å². The van der Waals surface area contributed by atoms with Crippen LogP contribution in [0.2, 0.25) is 5.02 Å². The van der Waals surface area contributed by atoms with Crippen molar-refractivity contribution in [3.63, 3.8) is 0 Å². The highest BCUT2D eigenvalue weighted by Crippen LogP contribution is 2.39. The maximum Gasteiger partial charge on any atom is 0.163 e. The maximum atomic E-state index is 10.7. The largest absolute Gasteiger partial charge is 0.487 e. The minimum atomic E-state index is -0.228. The fourth-order valence-corrected chi connectivity index (χ4v) is 1.77. The summed E-state index contributed by atoms with van der Waals surface area (Å²) in [6, 6.07) is 4.94. The van der Waals surface area contributed by atoms with Gasteiger partial charge in [-0.2, -0.15) is 0 Å². The summed E-state index contributed by atoms with van der Waals surface area (Å²) < 4.78 is 5.44. The van der Waals surface area contributed by atoms with Crippen LogP contribution in [0.3, 0.4) is 0 Å². The molecular weight excluding hydrogens is 218 g/mol. The Hall–Kier alpha value is -1.33. The smallest absolute Gasteiger partial charge is 0.163 e. The first kappa shape index (κ1) is 10.2. The Bertz CT molecular complexity index is 386. The third-order valence-corrected chi connectivity index (χ3v) is 2.62. The number of anilines is 1. The van der Waals surface area contributed by atoms with Crippen molar-refractivity contribution in [3.8, 4) is 5.75 Å². The Labute approximate surface area is 91.7 Å². The van der Waals surface area contributed by atoms with Crippen molar-refractivity contribution in [1.29, 1.82) is 0 Å². The Morgan fingerprint density at radius 2 is 2.47 bits per heavy atom. The van der Waals surface area contributed by atoms with Gasteiger partial charge in [-0.1, -0.05) is 17.7 Å². The van der Waals surface area contributed by atoms with Gasteiger partial charge >= 0.3 is 0 Å². The van der Waals surface area contributed by atoms with Gasteiger partial charge in [-0.05, 0) is 12.1 Å². The first-order valence-electron chi connectivity index (χ1n) is 4.51. The third kappa shape index (κ3) is 1.64. The first-order valence-corrected chi connectivity index (χ1v) is 4.89. The van der Waals surface area contributed by atoms with Gasteiger partial charge in [-0.3, -0.25) is 0 Å². The van der Waals surface area contributed by atoms with Gasteiger partial charge < -0.3 is 10.5 Å². The number of para-hydroxylation sites is 1. The number of hydrogen-bond donors (Lipinski definition) is 1. The zero-order valence-electron chi connectivity index (χ0n) is 7.89. The molecule has 1 aromatic rings. The van der Waals surface area contributed by atoms with Gasteiger partial charge in [0.1, 0.15) is 18.3 Å². The maximum absolute atomic E-state index is 10.7. The minimum Gasteiger partial charge on any atom is -0.487 e. The van der Waals surface area contributed by atoms with E-state index in [1.165, 1.54) is 5.01 Å². The van der Waals surface area contributed by atoms with Gasteiger partial charge in [0.2, 0.25) is 0 Å². The minimum absolute atomic E-state index is 0.228. The molecule has 15 heavy (non-hydrogen) atoms. The molecule has 0 radical (unpaired) electrons. The lowest BCUT2D eigenvalue weighted by atomic mass is 10.2. The van der Waals surface area contributed by atoms with E-state index in [1.54, 1.807) is 18.2 Å². The monoisotopic (exact) mass is 227 g/mol. The van der Waals surface area contributed by atoms with Crippen molar-refractivity contribution >= 4 is 17.3 Å². The molecule has 1 aromatic carbocycles. The van der Waals surface area contributed by atoms with Gasteiger partial charge in [-0.15, -0.1) is 4.91 Å². The summed E-state index contributed by atoms with van der Waals surface area (Å²) in [6.07, 6.45) is 0. The van der Waals surface area contributed by atoms with Crippen LogP contribution in [0.4, 0.5) is 5.69 Å². The molecule has 0 aliphatic carbocycles. The second-order valence-corrected chi connectivity index (χ2v) is 3.62. The highest BCUT2D eigenvalue weighted by atomic mass is 35.5. The SMILES string of the molecule is NCC1COc2c(Cl)cccc2N1N=O. The summed E-state index contributed by atoms with van der Waals surface area (Å²) in [5.41, 5.74) is 6.08. The highest BCUT2D eigenvalue weighted by molar-refractivity contribution is 6.32. The topological polar surface area (TPSA) is 67.9 Å². The van der Waals surface area contributed by atoms with Crippen molar-refractivity contribution in [3.05, 3.63) is 28.1 Å². The van der Waals surface area contributed by atoms with E-state index in [2.05, 4.69) is 5.29 Å². The molecule has 0 bridgehead atoms. The van der Waals surface area contributed by atoms with Crippen molar-refractivity contribution in [2.45, 2.75) is 6.04 Å². The van der Waals surface area contributed by atoms with E-state index in [4.69, 9.17) is 22.1 Å². The van der Waals surface area contributed by atoms with Crippen molar-refractivity contribution in [2.24, 2.45) is 11.0 Å². The zero-order chi connectivity index (χ0) is 10.8. The van der Waals surface area contributed by atoms with Crippen LogP contribution in [0.1, 0.15) is 0 Å². The summed E-state index contributed by atoms with van der Waals surface area (Å²) >= 11 is 5.93. The highest BCUT2D eigenvalue weighted by Gasteiger charge is 2.28. The number of nitrogens with two attached hydrogens (primary N) is 1. The normalized spacial score (nSPS) is 19.3. The average Bonchev–Trinajstić information content (AvgIpc) is 2.28. The second-order valence-electron chi connectivity index (χ2n) is 3.21. The number of hydrogen-bond acceptors (Lipinski definition) is 4. The predicted octanol–water partition coefficient (Wildman–Crippen LogP) is 1.55. The summed E-state index contributed by atoms with van der Waals surface area (Å²) in [6.45, 7) is 0.622. The standard InChI is InChI=1S/C9H10ClN3O2/c10-7-2-1-3-8-9(7)15-5-6(4-11)13(8)12-14/h1-3,6H,4-5,11H2. The summed E-state index contributed by atoms with van der Waals surface area (Å²) in [5.74, 6) is 0.489. The second kappa shape index (κ2) is 4.04. The number of benzene rings is 1. The molecule has 1 unspecified atom stereocenters. The first-order chi connectivity index (χ1) is 7.27. The Morgan fingerprint density at radius 1 is 1.67 bits per heavy atom. The molecule has 2 N–H and O–H groups in total. The molecular formula is C9H10ClN3O2. The van der Waals surface area contributed by atoms with Crippen LogP contribution in [0.5, 0.6) is 5.75 Å². The molecule has 2 rings (SSSR count). The Balaban J connectivity index is 2.46. The number of nitrogens with zero attached hydrogens (tertiary/aromatic N) is 2. The van der Waals surface area contributed by atoms with E-state index < -0.39 is 0 Å². The molecule has 0 saturated carbocycles. The van der Waals surface area contributed by atoms with Crippen LogP contribution in [0, 0.1) is 4.91 Å². The van der Waals surface area contributed by atoms with E-state index in [0.717, 1.165) is 0 Å². The summed E-state index contributed by atoms with van der Waals surface area (Å²) in [5, 5.41) is 4.73. The average molecular weight is 228 g/mol. The van der Waals surface area contributed by atoms with Gasteiger partial charge in [-0.25, -0.2) is 5.01 Å². The molecule has 5 nitrogen and oxygen atoms in total. The molecule has 0 amide bonds. The summed E-state index contributed by atoms with van der Waals surface area (Å²) in [7, 11) is 0. The van der Waals surface area contributed by atoms with Crippen LogP contribution in [-0.2, 0) is 0 Å². The quantitative estimate of drug-likeness (QED) is 0.779. The van der Waals surface area contributed by atoms with Crippen LogP contribution in [0.25, 0.3) is 0 Å². The van der Waals surface area contributed by atoms with E-state index in [-0.39, 0.29) is 6.04 Å². The zero-order valence-corrected chi connectivity index (χ0v) is 8.65. The third-order valence-electron chi connectivity index (χ3n) is 2.32. The van der Waals surface area contributed by atoms with Gasteiger partial charge in [0.25, 0.3) is 0 Å². The number of halogens is 1. The van der Waals surface area contributed by atoms with E-state index in [0.29, 0.717) is 29.6 Å². The fourth-order valence-electron chi connectivity index (χ4n) is 1.55. The van der Waals surface area contributed by atoms with Crippen LogP contribution >= 0.6 is 11.6 Å². The fraction of sp³-hybridized carbons (Fsp3) is 0.333. The van der Waals surface area contributed by atoms with Crippen LogP contribution in [-0.4, -0.2) is 19.2 Å². The van der Waals surface area contributed by atoms with E-state index in [9.17, 15) is 4.91 Å². The number of rotatable bonds is 2. The molecule has 0 aromatic heterocycles. The van der Waals surface area contributed by atoms with Crippen LogP contribution < -0.4 is 15.5 Å². The van der Waals surface area contributed by atoms with Gasteiger partial charge in [0.05, 0.1) is 10.3 Å². The molecule has 0 saturated heterocycles. The molecule has 80 valence electrons. The lowest BCUT2D eigenvalue weighted by Crippen LogP contribution is -2.44. The van der Waals surface area contributed by atoms with E-state index >= 15 is 0 Å². The number of ether oxygens (including phenoxy) is 1. The molecule has 6 heteroatoms. The molecule has 0 spiro atoms. The molecule has 1 aliphatic heterocycles. The van der Waals surface area contributed by atoms with Crippen molar-refractivity contribution in [1.82, 2.24) is 0 Å². The predicted molar refractivity (Wildman–Crippen MR) is 58.1 cm³/mol. The number of fused-ring (bicyclic) bond motifs is 1. The molecule has 1 atom stereocenters. The lowest BCUT2D eigenvalue weighted by molar-refractivity contribution is 0.265. The van der Waals surface area contributed by atoms with Gasteiger partial charge in [0.15, 0.2) is 5.75 Å². The van der Waals surface area contributed by atoms with Crippen LogP contribution in [0.15, 0.2) is 23.5 Å². The molecule has 1 aliphatic rings. The number of nitroso groups, excluding NO2 is 1. The molecule has 1 heterocycles. The van der Waals surface area contributed by atoms with Gasteiger partial charge in [0, 0.05) is 6.54 Å². The lowest BCUT2D eigenvalue weighted by Gasteiger charge is -2.31. The Kier molecular flexibility index (Phi) is 2.75.